The number of benzene rings is 2. The van der Waals surface area contributed by atoms with Crippen molar-refractivity contribution in [2.45, 2.75) is 51.0 Å². The van der Waals surface area contributed by atoms with Gasteiger partial charge in [0.25, 0.3) is 0 Å². The van der Waals surface area contributed by atoms with Gasteiger partial charge in [-0.05, 0) is 60.2 Å². The summed E-state index contributed by atoms with van der Waals surface area (Å²) in [5, 5.41) is 2.84. The van der Waals surface area contributed by atoms with E-state index in [1.165, 1.54) is 6.07 Å². The van der Waals surface area contributed by atoms with Crippen LogP contribution in [0.4, 0.5) is 5.69 Å². The zero-order valence-electron chi connectivity index (χ0n) is 21.5. The van der Waals surface area contributed by atoms with E-state index < -0.39 is 22.0 Å². The van der Waals surface area contributed by atoms with Gasteiger partial charge in [-0.1, -0.05) is 26.8 Å². The van der Waals surface area contributed by atoms with Crippen molar-refractivity contribution in [3.8, 4) is 11.5 Å². The fourth-order valence-electron chi connectivity index (χ4n) is 4.20. The molecular weight excluding hydrogens is 482 g/mol. The Hall–Kier alpha value is -3.11. The topological polar surface area (TPSA) is 114 Å². The Morgan fingerprint density at radius 2 is 1.78 bits per heavy atom. The van der Waals surface area contributed by atoms with Gasteiger partial charge in [0.15, 0.2) is 11.5 Å². The zero-order valence-corrected chi connectivity index (χ0v) is 22.3. The van der Waals surface area contributed by atoms with E-state index in [2.05, 4.69) is 10.0 Å². The second-order valence-electron chi connectivity index (χ2n) is 9.01. The number of nitrogens with zero attached hydrogens (tertiary/aromatic N) is 1. The van der Waals surface area contributed by atoms with E-state index >= 15 is 0 Å². The first kappa shape index (κ1) is 27.5. The summed E-state index contributed by atoms with van der Waals surface area (Å²) < 4.78 is 39.4. The Labute approximate surface area is 213 Å². The minimum Gasteiger partial charge on any atom is -0.493 e. The van der Waals surface area contributed by atoms with Gasteiger partial charge in [-0.2, -0.15) is 4.72 Å². The van der Waals surface area contributed by atoms with Crippen molar-refractivity contribution in [2.75, 3.05) is 32.2 Å². The van der Waals surface area contributed by atoms with Crippen molar-refractivity contribution >= 4 is 27.5 Å². The summed E-state index contributed by atoms with van der Waals surface area (Å²) in [6.45, 7) is 6.25. The quantitative estimate of drug-likeness (QED) is 0.474. The second kappa shape index (κ2) is 11.7. The predicted molar refractivity (Wildman–Crippen MR) is 138 cm³/mol. The molecule has 0 fully saturated rings. The smallest absolute Gasteiger partial charge is 0.241 e. The first-order chi connectivity index (χ1) is 17.1. The summed E-state index contributed by atoms with van der Waals surface area (Å²) in [6.07, 6.45) is 1.52. The maximum atomic E-state index is 13.2. The molecule has 0 aromatic heterocycles. The van der Waals surface area contributed by atoms with Gasteiger partial charge in [0.2, 0.25) is 21.8 Å². The van der Waals surface area contributed by atoms with Crippen LogP contribution in [-0.4, -0.2) is 53.6 Å². The lowest BCUT2D eigenvalue weighted by atomic mass is 10.0. The molecule has 3 rings (SSSR count). The number of hydrogen-bond donors (Lipinski definition) is 2. The third-order valence-corrected chi connectivity index (χ3v) is 7.69. The predicted octanol–water partition coefficient (Wildman–Crippen LogP) is 2.66. The van der Waals surface area contributed by atoms with Crippen LogP contribution in [0.15, 0.2) is 41.3 Å². The van der Waals surface area contributed by atoms with Crippen LogP contribution < -0.4 is 24.4 Å². The Bertz CT molecular complexity index is 1210. The summed E-state index contributed by atoms with van der Waals surface area (Å²) in [4.78, 5) is 26.8. The van der Waals surface area contributed by atoms with Gasteiger partial charge in [0.05, 0.1) is 19.1 Å². The number of amides is 2. The molecule has 0 aliphatic carbocycles. The van der Waals surface area contributed by atoms with Gasteiger partial charge >= 0.3 is 0 Å². The van der Waals surface area contributed by atoms with Gasteiger partial charge in [-0.15, -0.1) is 0 Å². The van der Waals surface area contributed by atoms with E-state index in [-0.39, 0.29) is 16.7 Å². The number of hydrogen-bond acceptors (Lipinski definition) is 6. The second-order valence-corrected chi connectivity index (χ2v) is 10.7. The largest absolute Gasteiger partial charge is 0.493 e. The lowest BCUT2D eigenvalue weighted by Gasteiger charge is -2.22. The molecule has 1 aliphatic heterocycles. The molecule has 2 N–H and O–H groups in total. The van der Waals surface area contributed by atoms with Crippen molar-refractivity contribution in [3.63, 3.8) is 0 Å². The summed E-state index contributed by atoms with van der Waals surface area (Å²) in [7, 11) is -0.828. The van der Waals surface area contributed by atoms with Crippen molar-refractivity contribution < 1.29 is 27.5 Å². The number of ether oxygens (including phenoxy) is 2. The molecule has 1 heterocycles. The summed E-state index contributed by atoms with van der Waals surface area (Å²) in [6, 6.07) is 9.33. The number of carbonyl (C=O) groups is 2. The van der Waals surface area contributed by atoms with Crippen LogP contribution in [0.1, 0.15) is 38.3 Å². The summed E-state index contributed by atoms with van der Waals surface area (Å²) in [5.41, 5.74) is 2.50. The molecule has 2 aromatic carbocycles. The Morgan fingerprint density at radius 3 is 2.42 bits per heavy atom. The van der Waals surface area contributed by atoms with Crippen molar-refractivity contribution in [2.24, 2.45) is 5.92 Å². The maximum absolute atomic E-state index is 13.2. The highest BCUT2D eigenvalue weighted by Gasteiger charge is 2.30. The lowest BCUT2D eigenvalue weighted by molar-refractivity contribution is -0.123. The van der Waals surface area contributed by atoms with Gasteiger partial charge in [0, 0.05) is 25.2 Å². The van der Waals surface area contributed by atoms with Crippen LogP contribution in [0.25, 0.3) is 0 Å². The highest BCUT2D eigenvalue weighted by atomic mass is 32.2. The van der Waals surface area contributed by atoms with Crippen LogP contribution in [0, 0.1) is 5.92 Å². The highest BCUT2D eigenvalue weighted by Crippen LogP contribution is 2.31. The van der Waals surface area contributed by atoms with E-state index in [0.29, 0.717) is 43.9 Å². The Kier molecular flexibility index (Phi) is 8.97. The molecule has 0 saturated carbocycles. The third kappa shape index (κ3) is 6.17. The van der Waals surface area contributed by atoms with Crippen LogP contribution in [0.5, 0.6) is 11.5 Å². The van der Waals surface area contributed by atoms with Gasteiger partial charge < -0.3 is 19.7 Å². The summed E-state index contributed by atoms with van der Waals surface area (Å²) in [5.74, 6) is 0.566. The number of methoxy groups -OCH3 is 2. The molecule has 196 valence electrons. The van der Waals surface area contributed by atoms with Crippen LogP contribution >= 0.6 is 0 Å². The molecule has 9 nitrogen and oxygen atoms in total. The zero-order chi connectivity index (χ0) is 26.5. The lowest BCUT2D eigenvalue weighted by Crippen LogP contribution is -2.49. The van der Waals surface area contributed by atoms with E-state index in [1.54, 1.807) is 58.1 Å². The molecule has 1 atom stereocenters. The molecule has 1 unspecified atom stereocenters. The first-order valence-electron chi connectivity index (χ1n) is 12.1. The standard InChI is InChI=1S/C26H35N3O6S/c1-6-24(30)29-14-12-19-16-20(8-9-21(19)29)36(32,33)28-25(17(2)3)26(31)27-13-11-18-7-10-22(34-4)23(15-18)35-5/h7-10,15-17,25,28H,6,11-14H2,1-5H3,(H,27,31). The Morgan fingerprint density at radius 1 is 1.06 bits per heavy atom. The monoisotopic (exact) mass is 517 g/mol. The molecule has 0 bridgehead atoms. The number of sulfonamides is 1. The molecule has 0 radical (unpaired) electrons. The van der Waals surface area contributed by atoms with Crippen LogP contribution in [0.2, 0.25) is 0 Å². The van der Waals surface area contributed by atoms with E-state index in [4.69, 9.17) is 9.47 Å². The van der Waals surface area contributed by atoms with E-state index in [9.17, 15) is 18.0 Å². The molecule has 2 amide bonds. The number of fused-ring (bicyclic) bond motifs is 1. The molecule has 10 heteroatoms. The number of rotatable bonds is 11. The minimum absolute atomic E-state index is 0.00658. The molecule has 0 saturated heterocycles. The van der Waals surface area contributed by atoms with Crippen molar-refractivity contribution in [1.82, 2.24) is 10.0 Å². The average Bonchev–Trinajstić information content (AvgIpc) is 3.30. The van der Waals surface area contributed by atoms with Gasteiger partial charge in [-0.25, -0.2) is 8.42 Å². The molecule has 2 aromatic rings. The minimum atomic E-state index is -3.95. The number of anilines is 1. The maximum Gasteiger partial charge on any atom is 0.241 e. The Balaban J connectivity index is 1.66. The third-order valence-electron chi connectivity index (χ3n) is 6.25. The fourth-order valence-corrected chi connectivity index (χ4v) is 5.59. The van der Waals surface area contributed by atoms with Crippen molar-refractivity contribution in [3.05, 3.63) is 47.5 Å². The number of nitrogens with one attached hydrogen (secondary N) is 2. The van der Waals surface area contributed by atoms with E-state index in [0.717, 1.165) is 16.8 Å². The molecule has 0 spiro atoms. The van der Waals surface area contributed by atoms with Gasteiger partial charge in [0.1, 0.15) is 6.04 Å². The van der Waals surface area contributed by atoms with E-state index in [1.807, 2.05) is 12.1 Å². The molecule has 36 heavy (non-hydrogen) atoms. The average molecular weight is 518 g/mol. The number of carbonyl (C=O) groups excluding carboxylic acids is 2. The fraction of sp³-hybridized carbons (Fsp3) is 0.462. The van der Waals surface area contributed by atoms with Crippen LogP contribution in [-0.2, 0) is 32.5 Å². The molecular formula is C26H35N3O6S. The highest BCUT2D eigenvalue weighted by molar-refractivity contribution is 7.89. The SMILES string of the molecule is CCC(=O)N1CCc2cc(S(=O)(=O)NC(C(=O)NCCc3ccc(OC)c(OC)c3)C(C)C)ccc21. The normalized spacial score (nSPS) is 13.9. The van der Waals surface area contributed by atoms with Crippen molar-refractivity contribution in [1.29, 1.82) is 0 Å². The summed E-state index contributed by atoms with van der Waals surface area (Å²) >= 11 is 0. The molecule has 1 aliphatic rings. The van der Waals surface area contributed by atoms with Crippen LogP contribution in [0.3, 0.4) is 0 Å². The van der Waals surface area contributed by atoms with Gasteiger partial charge in [-0.3, -0.25) is 9.59 Å². The first-order valence-corrected chi connectivity index (χ1v) is 13.5.